The summed E-state index contributed by atoms with van der Waals surface area (Å²) in [7, 11) is 0. The Morgan fingerprint density at radius 1 is 0.806 bits per heavy atom. The molecule has 2 aromatic carbocycles. The van der Waals surface area contributed by atoms with Crippen LogP contribution in [-0.2, 0) is 0 Å². The van der Waals surface area contributed by atoms with Gasteiger partial charge in [0.1, 0.15) is 0 Å². The van der Waals surface area contributed by atoms with E-state index in [9.17, 15) is 4.79 Å². The molecule has 31 heavy (non-hydrogen) atoms. The van der Waals surface area contributed by atoms with Gasteiger partial charge in [-0.2, -0.15) is 0 Å². The number of hydrogen-bond donors (Lipinski definition) is 2. The van der Waals surface area contributed by atoms with E-state index in [1.165, 1.54) is 25.7 Å². The summed E-state index contributed by atoms with van der Waals surface area (Å²) in [5.74, 6) is 0.916. The standard InChI is InChI=1S/C23H23Cl2N5O/c24-17-13-18(25)15-20(14-17)27-23(31)26-19-7-5-6-16(12-19)21-8-9-22(29-28-21)30-10-3-1-2-4-11-30/h5-9,12-15H,1-4,10-11H2,(H2,26,27,31). The van der Waals surface area contributed by atoms with Gasteiger partial charge in [-0.05, 0) is 55.3 Å². The van der Waals surface area contributed by atoms with Crippen molar-refractivity contribution in [3.63, 3.8) is 0 Å². The SMILES string of the molecule is O=C(Nc1cc(Cl)cc(Cl)c1)Nc1cccc(-c2ccc(N3CCCCCC3)nn2)c1. The lowest BCUT2D eigenvalue weighted by atomic mass is 10.1. The maximum absolute atomic E-state index is 12.4. The molecule has 0 aliphatic carbocycles. The fourth-order valence-electron chi connectivity index (χ4n) is 3.62. The predicted octanol–water partition coefficient (Wildman–Crippen LogP) is 6.47. The number of rotatable bonds is 4. The fourth-order valence-corrected chi connectivity index (χ4v) is 4.15. The second-order valence-electron chi connectivity index (χ2n) is 7.50. The van der Waals surface area contributed by atoms with E-state index in [1.54, 1.807) is 18.2 Å². The van der Waals surface area contributed by atoms with E-state index in [-0.39, 0.29) is 0 Å². The zero-order valence-corrected chi connectivity index (χ0v) is 18.5. The minimum absolute atomic E-state index is 0.391. The molecule has 2 amide bonds. The molecule has 160 valence electrons. The summed E-state index contributed by atoms with van der Waals surface area (Å²) in [6, 6.07) is 15.9. The van der Waals surface area contributed by atoms with Crippen molar-refractivity contribution >= 4 is 46.4 Å². The summed E-state index contributed by atoms with van der Waals surface area (Å²) in [4.78, 5) is 14.7. The Bertz CT molecular complexity index is 1030. The highest BCUT2D eigenvalue weighted by Crippen LogP contribution is 2.25. The van der Waals surface area contributed by atoms with Crippen molar-refractivity contribution < 1.29 is 4.79 Å². The summed E-state index contributed by atoms with van der Waals surface area (Å²) in [5.41, 5.74) is 2.78. The molecule has 1 saturated heterocycles. The summed E-state index contributed by atoms with van der Waals surface area (Å²) in [6.45, 7) is 2.06. The van der Waals surface area contributed by atoms with Gasteiger partial charge in [-0.1, -0.05) is 48.2 Å². The maximum Gasteiger partial charge on any atom is 0.323 e. The summed E-state index contributed by atoms with van der Waals surface area (Å²) < 4.78 is 0. The number of urea groups is 1. The molecule has 0 spiro atoms. The molecule has 0 unspecified atom stereocenters. The lowest BCUT2D eigenvalue weighted by molar-refractivity contribution is 0.262. The lowest BCUT2D eigenvalue weighted by Crippen LogP contribution is -2.25. The van der Waals surface area contributed by atoms with Crippen molar-refractivity contribution in [2.24, 2.45) is 0 Å². The molecule has 0 bridgehead atoms. The van der Waals surface area contributed by atoms with Crippen LogP contribution in [0.25, 0.3) is 11.3 Å². The molecule has 1 aliphatic heterocycles. The van der Waals surface area contributed by atoms with Crippen molar-refractivity contribution in [2.45, 2.75) is 25.7 Å². The van der Waals surface area contributed by atoms with Crippen LogP contribution in [0.2, 0.25) is 10.0 Å². The largest absolute Gasteiger partial charge is 0.355 e. The topological polar surface area (TPSA) is 70.2 Å². The van der Waals surface area contributed by atoms with Gasteiger partial charge < -0.3 is 15.5 Å². The minimum Gasteiger partial charge on any atom is -0.355 e. The molecule has 3 aromatic rings. The first kappa shape index (κ1) is 21.4. The van der Waals surface area contributed by atoms with Crippen molar-refractivity contribution in [1.82, 2.24) is 10.2 Å². The maximum atomic E-state index is 12.4. The van der Waals surface area contributed by atoms with Crippen LogP contribution in [0.4, 0.5) is 22.0 Å². The Kier molecular flexibility index (Phi) is 6.89. The molecule has 0 radical (unpaired) electrons. The molecule has 8 heteroatoms. The summed E-state index contributed by atoms with van der Waals surface area (Å²) >= 11 is 12.0. The normalized spacial score (nSPS) is 14.1. The van der Waals surface area contributed by atoms with Gasteiger partial charge in [0, 0.05) is 40.1 Å². The average Bonchev–Trinajstić information content (AvgIpc) is 3.03. The van der Waals surface area contributed by atoms with Gasteiger partial charge in [-0.25, -0.2) is 4.79 Å². The van der Waals surface area contributed by atoms with Gasteiger partial charge in [0.15, 0.2) is 5.82 Å². The number of anilines is 3. The highest BCUT2D eigenvalue weighted by molar-refractivity contribution is 6.35. The van der Waals surface area contributed by atoms with E-state index in [1.807, 2.05) is 36.4 Å². The van der Waals surface area contributed by atoms with Crippen molar-refractivity contribution in [2.75, 3.05) is 28.6 Å². The van der Waals surface area contributed by atoms with Gasteiger partial charge in [-0.15, -0.1) is 10.2 Å². The third kappa shape index (κ3) is 5.87. The third-order valence-corrected chi connectivity index (χ3v) is 5.55. The molecule has 0 saturated carbocycles. The van der Waals surface area contributed by atoms with Crippen LogP contribution in [0.15, 0.2) is 54.6 Å². The number of nitrogens with one attached hydrogen (secondary N) is 2. The molecule has 2 N–H and O–H groups in total. The average molecular weight is 456 g/mol. The first-order valence-corrected chi connectivity index (χ1v) is 11.1. The molecular weight excluding hydrogens is 433 g/mol. The molecule has 0 atom stereocenters. The van der Waals surface area contributed by atoms with Crippen LogP contribution in [0.5, 0.6) is 0 Å². The smallest absolute Gasteiger partial charge is 0.323 e. The number of halogens is 2. The molecule has 1 aromatic heterocycles. The van der Waals surface area contributed by atoms with E-state index in [0.29, 0.717) is 21.4 Å². The number of carbonyl (C=O) groups is 1. The van der Waals surface area contributed by atoms with Gasteiger partial charge in [0.05, 0.1) is 5.69 Å². The van der Waals surface area contributed by atoms with Gasteiger partial charge in [-0.3, -0.25) is 0 Å². The van der Waals surface area contributed by atoms with Crippen LogP contribution >= 0.6 is 23.2 Å². The van der Waals surface area contributed by atoms with Crippen molar-refractivity contribution in [1.29, 1.82) is 0 Å². The van der Waals surface area contributed by atoms with Gasteiger partial charge in [0.2, 0.25) is 0 Å². The van der Waals surface area contributed by atoms with Crippen LogP contribution in [0, 0.1) is 0 Å². The second-order valence-corrected chi connectivity index (χ2v) is 8.37. The molecule has 4 rings (SSSR count). The lowest BCUT2D eigenvalue weighted by Gasteiger charge is -2.20. The number of hydrogen-bond acceptors (Lipinski definition) is 4. The predicted molar refractivity (Wildman–Crippen MR) is 127 cm³/mol. The van der Waals surface area contributed by atoms with E-state index in [2.05, 4.69) is 25.7 Å². The molecule has 2 heterocycles. The molecular formula is C23H23Cl2N5O. The molecule has 1 fully saturated rings. The van der Waals surface area contributed by atoms with Gasteiger partial charge >= 0.3 is 6.03 Å². The summed E-state index contributed by atoms with van der Waals surface area (Å²) in [5, 5.41) is 15.3. The number of nitrogens with zero attached hydrogens (tertiary/aromatic N) is 3. The fraction of sp³-hybridized carbons (Fsp3) is 0.261. The third-order valence-electron chi connectivity index (χ3n) is 5.12. The van der Waals surface area contributed by atoms with E-state index in [4.69, 9.17) is 23.2 Å². The van der Waals surface area contributed by atoms with Crippen LogP contribution < -0.4 is 15.5 Å². The number of benzene rings is 2. The van der Waals surface area contributed by atoms with Crippen LogP contribution in [-0.4, -0.2) is 29.3 Å². The summed E-state index contributed by atoms with van der Waals surface area (Å²) in [6.07, 6.45) is 4.95. The molecule has 6 nitrogen and oxygen atoms in total. The first-order valence-electron chi connectivity index (χ1n) is 10.3. The highest BCUT2D eigenvalue weighted by Gasteiger charge is 2.12. The zero-order valence-electron chi connectivity index (χ0n) is 16.9. The Morgan fingerprint density at radius 2 is 1.52 bits per heavy atom. The van der Waals surface area contributed by atoms with E-state index >= 15 is 0 Å². The number of carbonyl (C=O) groups excluding carboxylic acids is 1. The van der Waals surface area contributed by atoms with E-state index < -0.39 is 6.03 Å². The van der Waals surface area contributed by atoms with Crippen molar-refractivity contribution in [3.05, 3.63) is 64.6 Å². The van der Waals surface area contributed by atoms with Gasteiger partial charge in [0.25, 0.3) is 0 Å². The monoisotopic (exact) mass is 455 g/mol. The Balaban J connectivity index is 1.43. The van der Waals surface area contributed by atoms with Crippen LogP contribution in [0.1, 0.15) is 25.7 Å². The zero-order chi connectivity index (χ0) is 21.6. The Labute approximate surface area is 191 Å². The number of amides is 2. The first-order chi connectivity index (χ1) is 15.1. The van der Waals surface area contributed by atoms with Crippen molar-refractivity contribution in [3.8, 4) is 11.3 Å². The minimum atomic E-state index is -0.391. The molecule has 1 aliphatic rings. The van der Waals surface area contributed by atoms with Crippen LogP contribution in [0.3, 0.4) is 0 Å². The number of aromatic nitrogens is 2. The second kappa shape index (κ2) is 9.98. The Morgan fingerprint density at radius 3 is 2.19 bits per heavy atom. The quantitative estimate of drug-likeness (QED) is 0.472. The highest BCUT2D eigenvalue weighted by atomic mass is 35.5. The van der Waals surface area contributed by atoms with E-state index in [0.717, 1.165) is 30.2 Å². The Hall–Kier alpha value is -2.83.